The zero-order valence-electron chi connectivity index (χ0n) is 10.2. The summed E-state index contributed by atoms with van der Waals surface area (Å²) in [7, 11) is 1.71. The average Bonchev–Trinajstić information content (AvgIpc) is 2.75. The molecule has 17 heavy (non-hydrogen) atoms. The smallest absolute Gasteiger partial charge is 0.0713 e. The molecule has 0 aliphatic rings. The van der Waals surface area contributed by atoms with Gasteiger partial charge in [0.25, 0.3) is 0 Å². The summed E-state index contributed by atoms with van der Waals surface area (Å²) in [5.41, 5.74) is 2.35. The van der Waals surface area contributed by atoms with Crippen LogP contribution in [0.15, 0.2) is 36.4 Å². The first-order valence-electron chi connectivity index (χ1n) is 5.65. The van der Waals surface area contributed by atoms with E-state index in [-0.39, 0.29) is 0 Å². The van der Waals surface area contributed by atoms with Gasteiger partial charge in [-0.15, -0.1) is 11.3 Å². The predicted molar refractivity (Wildman–Crippen MR) is 73.5 cm³/mol. The van der Waals surface area contributed by atoms with Crippen LogP contribution in [0, 0.1) is 6.92 Å². The number of thiophene rings is 1. The van der Waals surface area contributed by atoms with E-state index in [1.54, 1.807) is 7.11 Å². The molecule has 2 nitrogen and oxygen atoms in total. The first-order valence-corrected chi connectivity index (χ1v) is 6.46. The molecule has 0 aliphatic heterocycles. The SMILES string of the molecule is COCc1ccc(NCc2ccc(C)s2)cc1. The van der Waals surface area contributed by atoms with E-state index in [4.69, 9.17) is 4.74 Å². The lowest BCUT2D eigenvalue weighted by Gasteiger charge is -2.06. The molecule has 0 radical (unpaired) electrons. The van der Waals surface area contributed by atoms with Crippen LogP contribution in [0.5, 0.6) is 0 Å². The van der Waals surface area contributed by atoms with Gasteiger partial charge >= 0.3 is 0 Å². The predicted octanol–water partition coefficient (Wildman–Crippen LogP) is 3.82. The van der Waals surface area contributed by atoms with Crippen LogP contribution in [0.3, 0.4) is 0 Å². The third-order valence-electron chi connectivity index (χ3n) is 2.53. The van der Waals surface area contributed by atoms with Gasteiger partial charge in [-0.05, 0) is 36.8 Å². The maximum Gasteiger partial charge on any atom is 0.0713 e. The van der Waals surface area contributed by atoms with Crippen molar-refractivity contribution in [2.75, 3.05) is 12.4 Å². The Labute approximate surface area is 106 Å². The van der Waals surface area contributed by atoms with Crippen LogP contribution in [0.2, 0.25) is 0 Å². The van der Waals surface area contributed by atoms with Gasteiger partial charge in [0.2, 0.25) is 0 Å². The van der Waals surface area contributed by atoms with E-state index < -0.39 is 0 Å². The zero-order chi connectivity index (χ0) is 12.1. The summed E-state index contributed by atoms with van der Waals surface area (Å²) in [4.78, 5) is 2.72. The Morgan fingerprint density at radius 2 is 1.88 bits per heavy atom. The second-order valence-corrected chi connectivity index (χ2v) is 5.37. The maximum atomic E-state index is 5.08. The van der Waals surface area contributed by atoms with Gasteiger partial charge in [-0.3, -0.25) is 0 Å². The molecule has 2 rings (SSSR count). The Kier molecular flexibility index (Phi) is 4.18. The summed E-state index contributed by atoms with van der Waals surface area (Å²) in [6, 6.07) is 12.7. The van der Waals surface area contributed by atoms with Crippen molar-refractivity contribution in [1.82, 2.24) is 0 Å². The number of aryl methyl sites for hydroxylation is 1. The molecule has 3 heteroatoms. The van der Waals surface area contributed by atoms with Crippen LogP contribution in [0.25, 0.3) is 0 Å². The van der Waals surface area contributed by atoms with Gasteiger partial charge in [-0.1, -0.05) is 12.1 Å². The number of hydrogen-bond donors (Lipinski definition) is 1. The Morgan fingerprint density at radius 1 is 1.12 bits per heavy atom. The van der Waals surface area contributed by atoms with Crippen molar-refractivity contribution in [2.24, 2.45) is 0 Å². The molecule has 1 aromatic heterocycles. The summed E-state index contributed by atoms with van der Waals surface area (Å²) in [5.74, 6) is 0. The van der Waals surface area contributed by atoms with Crippen molar-refractivity contribution in [3.8, 4) is 0 Å². The van der Waals surface area contributed by atoms with Crippen LogP contribution < -0.4 is 5.32 Å². The van der Waals surface area contributed by atoms with Crippen molar-refractivity contribution in [2.45, 2.75) is 20.1 Å². The number of ether oxygens (including phenoxy) is 1. The first-order chi connectivity index (χ1) is 8.28. The molecular formula is C14H17NOS. The van der Waals surface area contributed by atoms with Crippen molar-refractivity contribution in [3.63, 3.8) is 0 Å². The maximum absolute atomic E-state index is 5.08. The molecule has 1 N–H and O–H groups in total. The highest BCUT2D eigenvalue weighted by atomic mass is 32.1. The van der Waals surface area contributed by atoms with Gasteiger partial charge in [-0.2, -0.15) is 0 Å². The van der Waals surface area contributed by atoms with Crippen LogP contribution >= 0.6 is 11.3 Å². The van der Waals surface area contributed by atoms with E-state index in [0.717, 1.165) is 12.2 Å². The number of benzene rings is 1. The molecule has 0 amide bonds. The van der Waals surface area contributed by atoms with Gasteiger partial charge in [0.15, 0.2) is 0 Å². The minimum Gasteiger partial charge on any atom is -0.380 e. The highest BCUT2D eigenvalue weighted by Crippen LogP contribution is 2.17. The molecule has 0 fully saturated rings. The van der Waals surface area contributed by atoms with E-state index in [9.17, 15) is 0 Å². The standard InChI is InChI=1S/C14H17NOS/c1-11-3-8-14(17-11)9-15-13-6-4-12(5-7-13)10-16-2/h3-8,15H,9-10H2,1-2H3. The molecule has 1 aromatic carbocycles. The molecule has 2 aromatic rings. The second kappa shape index (κ2) is 5.84. The quantitative estimate of drug-likeness (QED) is 0.867. The number of anilines is 1. The van der Waals surface area contributed by atoms with Crippen LogP contribution in [-0.4, -0.2) is 7.11 Å². The highest BCUT2D eigenvalue weighted by Gasteiger charge is 1.97. The topological polar surface area (TPSA) is 21.3 Å². The van der Waals surface area contributed by atoms with Crippen molar-refractivity contribution >= 4 is 17.0 Å². The van der Waals surface area contributed by atoms with Crippen molar-refractivity contribution in [3.05, 3.63) is 51.7 Å². The monoisotopic (exact) mass is 247 g/mol. The summed E-state index contributed by atoms with van der Waals surface area (Å²) in [6.45, 7) is 3.69. The number of hydrogen-bond acceptors (Lipinski definition) is 3. The zero-order valence-corrected chi connectivity index (χ0v) is 11.0. The van der Waals surface area contributed by atoms with Gasteiger partial charge < -0.3 is 10.1 Å². The minimum absolute atomic E-state index is 0.671. The van der Waals surface area contributed by atoms with E-state index in [1.165, 1.54) is 15.3 Å². The third kappa shape index (κ3) is 3.58. The largest absolute Gasteiger partial charge is 0.380 e. The Morgan fingerprint density at radius 3 is 2.47 bits per heavy atom. The highest BCUT2D eigenvalue weighted by molar-refractivity contribution is 7.11. The first kappa shape index (κ1) is 12.1. The molecule has 0 saturated heterocycles. The minimum atomic E-state index is 0.671. The molecule has 0 atom stereocenters. The summed E-state index contributed by atoms with van der Waals surface area (Å²) < 4.78 is 5.08. The lowest BCUT2D eigenvalue weighted by Crippen LogP contribution is -1.97. The lowest BCUT2D eigenvalue weighted by molar-refractivity contribution is 0.185. The van der Waals surface area contributed by atoms with Gasteiger partial charge in [0, 0.05) is 29.1 Å². The van der Waals surface area contributed by atoms with Gasteiger partial charge in [0.1, 0.15) is 0 Å². The number of rotatable bonds is 5. The number of nitrogens with one attached hydrogen (secondary N) is 1. The van der Waals surface area contributed by atoms with Gasteiger partial charge in [-0.25, -0.2) is 0 Å². The summed E-state index contributed by atoms with van der Waals surface area (Å²) >= 11 is 1.84. The summed E-state index contributed by atoms with van der Waals surface area (Å²) in [6.07, 6.45) is 0. The molecular weight excluding hydrogens is 230 g/mol. The molecule has 90 valence electrons. The number of methoxy groups -OCH3 is 1. The fourth-order valence-corrected chi connectivity index (χ4v) is 2.48. The molecule has 1 heterocycles. The Hall–Kier alpha value is -1.32. The second-order valence-electron chi connectivity index (χ2n) is 4.00. The molecule has 0 spiro atoms. The normalized spacial score (nSPS) is 10.5. The van der Waals surface area contributed by atoms with E-state index in [1.807, 2.05) is 11.3 Å². The van der Waals surface area contributed by atoms with Crippen molar-refractivity contribution < 1.29 is 4.74 Å². The van der Waals surface area contributed by atoms with Crippen molar-refractivity contribution in [1.29, 1.82) is 0 Å². The van der Waals surface area contributed by atoms with Gasteiger partial charge in [0.05, 0.1) is 6.61 Å². The van der Waals surface area contributed by atoms with E-state index >= 15 is 0 Å². The molecule has 0 aliphatic carbocycles. The summed E-state index contributed by atoms with van der Waals surface area (Å²) in [5, 5.41) is 3.41. The molecule has 0 unspecified atom stereocenters. The van der Waals surface area contributed by atoms with Crippen LogP contribution in [0.4, 0.5) is 5.69 Å². The van der Waals surface area contributed by atoms with E-state index in [2.05, 4.69) is 48.6 Å². The van der Waals surface area contributed by atoms with E-state index in [0.29, 0.717) is 6.61 Å². The fraction of sp³-hybridized carbons (Fsp3) is 0.286. The van der Waals surface area contributed by atoms with Crippen LogP contribution in [-0.2, 0) is 17.9 Å². The Bertz CT molecular complexity index is 461. The average molecular weight is 247 g/mol. The molecule has 0 bridgehead atoms. The fourth-order valence-electron chi connectivity index (χ4n) is 1.65. The molecule has 0 saturated carbocycles. The third-order valence-corrected chi connectivity index (χ3v) is 3.53. The lowest BCUT2D eigenvalue weighted by atomic mass is 10.2. The Balaban J connectivity index is 1.90. The van der Waals surface area contributed by atoms with Crippen LogP contribution in [0.1, 0.15) is 15.3 Å².